The van der Waals surface area contributed by atoms with Crippen LogP contribution in [0, 0.1) is 5.82 Å². The number of carbonyl (C=O) groups excluding carboxylic acids is 1. The van der Waals surface area contributed by atoms with Crippen molar-refractivity contribution >= 4 is 43.9 Å². The molecule has 1 aliphatic rings. The third-order valence-corrected chi connectivity index (χ3v) is 7.30. The van der Waals surface area contributed by atoms with Crippen LogP contribution in [0.25, 0.3) is 32.2 Å². The summed E-state index contributed by atoms with van der Waals surface area (Å²) < 4.78 is 21.5. The fraction of sp³-hybridized carbons (Fsp3) is 0.192. The van der Waals surface area contributed by atoms with Gasteiger partial charge in [-0.3, -0.25) is 4.79 Å². The maximum absolute atomic E-state index is 15.2. The van der Waals surface area contributed by atoms with Crippen LogP contribution in [0.5, 0.6) is 0 Å². The van der Waals surface area contributed by atoms with E-state index in [9.17, 15) is 4.79 Å². The smallest absolute Gasteiger partial charge is 0.231 e. The van der Waals surface area contributed by atoms with E-state index in [-0.39, 0.29) is 5.56 Å². The Morgan fingerprint density at radius 3 is 2.78 bits per heavy atom. The van der Waals surface area contributed by atoms with E-state index in [0.717, 1.165) is 28.9 Å². The zero-order valence-corrected chi connectivity index (χ0v) is 19.9. The van der Waals surface area contributed by atoms with E-state index in [1.165, 1.54) is 23.7 Å². The first-order chi connectivity index (χ1) is 17.6. The average molecular weight is 501 g/mol. The highest BCUT2D eigenvalue weighted by atomic mass is 32.1. The summed E-state index contributed by atoms with van der Waals surface area (Å²) in [6, 6.07) is 12.3. The summed E-state index contributed by atoms with van der Waals surface area (Å²) in [5, 5.41) is 11.7. The molecule has 1 unspecified atom stereocenters. The van der Waals surface area contributed by atoms with Crippen molar-refractivity contribution in [2.45, 2.75) is 5.92 Å². The Labute approximate surface area is 209 Å². The molecule has 1 saturated heterocycles. The van der Waals surface area contributed by atoms with Crippen molar-refractivity contribution in [3.63, 3.8) is 0 Å². The fourth-order valence-electron chi connectivity index (χ4n) is 4.68. The number of hydrogen-bond donors (Lipinski definition) is 1. The van der Waals surface area contributed by atoms with E-state index in [4.69, 9.17) is 10.5 Å². The molecule has 0 saturated carbocycles. The van der Waals surface area contributed by atoms with Crippen molar-refractivity contribution in [2.75, 3.05) is 31.2 Å². The minimum atomic E-state index is -0.892. The summed E-state index contributed by atoms with van der Waals surface area (Å²) in [4.78, 5) is 23.7. The molecule has 0 radical (unpaired) electrons. The average Bonchev–Trinajstić information content (AvgIpc) is 3.39. The van der Waals surface area contributed by atoms with Gasteiger partial charge in [0, 0.05) is 35.1 Å². The van der Waals surface area contributed by atoms with Gasteiger partial charge in [0.2, 0.25) is 5.91 Å². The molecule has 2 N–H and O–H groups in total. The highest BCUT2D eigenvalue weighted by molar-refractivity contribution is 7.17. The number of primary amides is 1. The number of halogens is 1. The van der Waals surface area contributed by atoms with Gasteiger partial charge in [-0.2, -0.15) is 10.2 Å². The van der Waals surface area contributed by atoms with E-state index in [0.29, 0.717) is 41.1 Å². The topological polar surface area (TPSA) is 107 Å². The van der Waals surface area contributed by atoms with E-state index in [2.05, 4.69) is 25.1 Å². The molecule has 1 fully saturated rings. The van der Waals surface area contributed by atoms with Gasteiger partial charge in [-0.15, -0.1) is 11.3 Å². The fourth-order valence-corrected chi connectivity index (χ4v) is 5.44. The van der Waals surface area contributed by atoms with Crippen molar-refractivity contribution in [3.8, 4) is 11.3 Å². The molecule has 180 valence electrons. The number of rotatable bonds is 5. The monoisotopic (exact) mass is 500 g/mol. The lowest BCUT2D eigenvalue weighted by atomic mass is 9.90. The van der Waals surface area contributed by atoms with E-state index >= 15 is 4.39 Å². The summed E-state index contributed by atoms with van der Waals surface area (Å²) >= 11 is 1.50. The first-order valence-corrected chi connectivity index (χ1v) is 12.3. The molecule has 6 rings (SSSR count). The van der Waals surface area contributed by atoms with Gasteiger partial charge in [-0.05, 0) is 47.3 Å². The van der Waals surface area contributed by atoms with Crippen LogP contribution >= 0.6 is 11.3 Å². The van der Waals surface area contributed by atoms with Crippen LogP contribution in [0.1, 0.15) is 17.2 Å². The highest BCUT2D eigenvalue weighted by Gasteiger charge is 2.26. The quantitative estimate of drug-likeness (QED) is 0.390. The lowest BCUT2D eigenvalue weighted by Gasteiger charge is -2.29. The van der Waals surface area contributed by atoms with Gasteiger partial charge in [0.1, 0.15) is 18.1 Å². The van der Waals surface area contributed by atoms with Crippen LogP contribution in [0.3, 0.4) is 0 Å². The molecule has 1 amide bonds. The number of thiophene rings is 1. The Morgan fingerprint density at radius 2 is 1.94 bits per heavy atom. The number of morpholine rings is 1. The van der Waals surface area contributed by atoms with Gasteiger partial charge in [0.15, 0.2) is 0 Å². The Morgan fingerprint density at radius 1 is 1.08 bits per heavy atom. The SMILES string of the molecule is NC(=O)C(c1ccc(F)c(-c2ncnc3cc(N4CCOCC4)ccc23)c1)c1nncc2sccc12. The maximum Gasteiger partial charge on any atom is 0.231 e. The van der Waals surface area contributed by atoms with Gasteiger partial charge in [-0.1, -0.05) is 6.07 Å². The maximum atomic E-state index is 15.2. The largest absolute Gasteiger partial charge is 0.378 e. The number of aromatic nitrogens is 4. The summed E-state index contributed by atoms with van der Waals surface area (Å²) in [6.07, 6.45) is 3.08. The number of fused-ring (bicyclic) bond motifs is 2. The molecule has 0 aliphatic carbocycles. The Hall–Kier alpha value is -4.02. The van der Waals surface area contributed by atoms with Gasteiger partial charge in [-0.25, -0.2) is 14.4 Å². The van der Waals surface area contributed by atoms with E-state index in [1.54, 1.807) is 18.3 Å². The number of carbonyl (C=O) groups is 1. The lowest BCUT2D eigenvalue weighted by molar-refractivity contribution is -0.118. The van der Waals surface area contributed by atoms with Crippen LogP contribution in [-0.2, 0) is 9.53 Å². The molecule has 2 aromatic carbocycles. The Bertz CT molecular complexity index is 1600. The van der Waals surface area contributed by atoms with Crippen LogP contribution in [-0.4, -0.2) is 52.4 Å². The van der Waals surface area contributed by atoms with Crippen molar-refractivity contribution in [2.24, 2.45) is 5.73 Å². The van der Waals surface area contributed by atoms with E-state index < -0.39 is 17.6 Å². The molecule has 5 aromatic rings. The Balaban J connectivity index is 1.46. The third-order valence-electron chi connectivity index (χ3n) is 6.44. The first kappa shape index (κ1) is 22.4. The number of benzene rings is 2. The number of nitrogens with two attached hydrogens (primary N) is 1. The number of anilines is 1. The highest BCUT2D eigenvalue weighted by Crippen LogP contribution is 2.35. The molecule has 0 bridgehead atoms. The second-order valence-corrected chi connectivity index (χ2v) is 9.47. The van der Waals surface area contributed by atoms with Crippen LogP contribution < -0.4 is 10.6 Å². The predicted octanol–water partition coefficient (Wildman–Crippen LogP) is 3.89. The second-order valence-electron chi connectivity index (χ2n) is 8.53. The minimum Gasteiger partial charge on any atom is -0.378 e. The third kappa shape index (κ3) is 3.94. The molecule has 4 heterocycles. The molecule has 36 heavy (non-hydrogen) atoms. The van der Waals surface area contributed by atoms with Crippen molar-refractivity contribution in [1.29, 1.82) is 0 Å². The minimum absolute atomic E-state index is 0.260. The number of amides is 1. The van der Waals surface area contributed by atoms with Gasteiger partial charge in [0.25, 0.3) is 0 Å². The van der Waals surface area contributed by atoms with Crippen molar-refractivity contribution in [1.82, 2.24) is 20.2 Å². The first-order valence-electron chi connectivity index (χ1n) is 11.5. The summed E-state index contributed by atoms with van der Waals surface area (Å²) in [5.74, 6) is -1.95. The number of nitrogens with zero attached hydrogens (tertiary/aromatic N) is 5. The molecular formula is C26H21FN6O2S. The molecule has 3 aromatic heterocycles. The molecule has 1 atom stereocenters. The molecule has 0 spiro atoms. The number of hydrogen-bond acceptors (Lipinski definition) is 8. The Kier molecular flexibility index (Phi) is 5.74. The molecule has 1 aliphatic heterocycles. The van der Waals surface area contributed by atoms with Gasteiger partial charge in [0.05, 0.1) is 41.0 Å². The summed E-state index contributed by atoms with van der Waals surface area (Å²) in [5.41, 5.74) is 9.22. The van der Waals surface area contributed by atoms with Crippen LogP contribution in [0.15, 0.2) is 60.4 Å². The van der Waals surface area contributed by atoms with Crippen LogP contribution in [0.4, 0.5) is 10.1 Å². The van der Waals surface area contributed by atoms with Crippen molar-refractivity contribution in [3.05, 3.63) is 77.4 Å². The zero-order chi connectivity index (χ0) is 24.6. The predicted molar refractivity (Wildman–Crippen MR) is 136 cm³/mol. The molecule has 8 nitrogen and oxygen atoms in total. The summed E-state index contributed by atoms with van der Waals surface area (Å²) in [6.45, 7) is 2.95. The van der Waals surface area contributed by atoms with Gasteiger partial charge < -0.3 is 15.4 Å². The van der Waals surface area contributed by atoms with E-state index in [1.807, 2.05) is 29.6 Å². The van der Waals surface area contributed by atoms with Gasteiger partial charge >= 0.3 is 0 Å². The number of ether oxygens (including phenoxy) is 1. The second kappa shape index (κ2) is 9.21. The normalized spacial score (nSPS) is 14.9. The molecule has 10 heteroatoms. The lowest BCUT2D eigenvalue weighted by Crippen LogP contribution is -2.36. The molecular weight excluding hydrogens is 479 g/mol. The van der Waals surface area contributed by atoms with Crippen LogP contribution in [0.2, 0.25) is 0 Å². The standard InChI is InChI=1S/C26H21FN6O2S/c27-20-4-1-15(23(26(28)34)25-18-5-10-36-22(18)13-31-32-25)11-19(20)24-17-3-2-16(12-21(17)29-14-30-24)33-6-8-35-9-7-33/h1-5,10-14,23H,6-9H2,(H2,28,34). The summed E-state index contributed by atoms with van der Waals surface area (Å²) in [7, 11) is 0. The van der Waals surface area contributed by atoms with Crippen molar-refractivity contribution < 1.29 is 13.9 Å². The zero-order valence-electron chi connectivity index (χ0n) is 19.1.